The van der Waals surface area contributed by atoms with Crippen LogP contribution in [0.5, 0.6) is 0 Å². The Morgan fingerprint density at radius 1 is 1.20 bits per heavy atom. The average Bonchev–Trinajstić information content (AvgIpc) is 3.22. The molecule has 4 rings (SSSR count). The molecule has 0 bridgehead atoms. The number of amides is 1. The molecule has 0 spiro atoms. The lowest BCUT2D eigenvalue weighted by Gasteiger charge is -2.24. The Hall–Kier alpha value is -1.21. The number of carbonyl (C=O) groups excluding carboxylic acids is 1. The monoisotopic (exact) mass is 400 g/mol. The molecule has 1 aliphatic carbocycles. The van der Waals surface area contributed by atoms with Gasteiger partial charge in [-0.3, -0.25) is 9.78 Å². The van der Waals surface area contributed by atoms with E-state index in [1.807, 2.05) is 23.6 Å². The fraction of sp³-hybridized carbons (Fsp3) is 0.471. The number of pyridine rings is 1. The van der Waals surface area contributed by atoms with E-state index in [0.29, 0.717) is 17.1 Å². The minimum Gasteiger partial charge on any atom is -0.303 e. The largest absolute Gasteiger partial charge is 0.303 e. The maximum atomic E-state index is 12.5. The number of nitrogens with zero attached hydrogens (tertiary/aromatic N) is 2. The van der Waals surface area contributed by atoms with Crippen LogP contribution in [0, 0.1) is 5.92 Å². The highest BCUT2D eigenvalue weighted by molar-refractivity contribution is 7.14. The third kappa shape index (κ3) is 4.50. The van der Waals surface area contributed by atoms with Crippen LogP contribution in [0.15, 0.2) is 29.8 Å². The number of rotatable bonds is 3. The van der Waals surface area contributed by atoms with Gasteiger partial charge in [0, 0.05) is 17.6 Å². The summed E-state index contributed by atoms with van der Waals surface area (Å²) in [6.45, 7) is 0. The van der Waals surface area contributed by atoms with E-state index in [0.717, 1.165) is 17.8 Å². The van der Waals surface area contributed by atoms with Crippen LogP contribution in [-0.4, -0.2) is 28.0 Å². The molecule has 0 radical (unpaired) electrons. The van der Waals surface area contributed by atoms with Crippen LogP contribution < -0.4 is 10.6 Å². The average molecular weight is 401 g/mol. The molecule has 2 fully saturated rings. The molecule has 0 aromatic carbocycles. The first-order chi connectivity index (χ1) is 11.3. The van der Waals surface area contributed by atoms with Gasteiger partial charge in [0.25, 0.3) is 0 Å². The highest BCUT2D eigenvalue weighted by Crippen LogP contribution is 2.33. The Kier molecular flexibility index (Phi) is 7.19. The van der Waals surface area contributed by atoms with Gasteiger partial charge >= 0.3 is 0 Å². The van der Waals surface area contributed by atoms with E-state index >= 15 is 0 Å². The molecule has 25 heavy (non-hydrogen) atoms. The molecule has 3 atom stereocenters. The van der Waals surface area contributed by atoms with Crippen LogP contribution >= 0.6 is 36.2 Å². The quantitative estimate of drug-likeness (QED) is 0.819. The lowest BCUT2D eigenvalue weighted by Crippen LogP contribution is -2.39. The number of halogens is 2. The van der Waals surface area contributed by atoms with E-state index in [4.69, 9.17) is 0 Å². The normalized spacial score (nSPS) is 24.6. The molecule has 1 amide bonds. The van der Waals surface area contributed by atoms with E-state index in [1.54, 1.807) is 6.20 Å². The topological polar surface area (TPSA) is 66.9 Å². The SMILES string of the molecule is Cl.Cl.O=C(Nc1nc(-c2ccccn2)cs1)C1CC2CCCCC2N1. The van der Waals surface area contributed by atoms with Crippen molar-refractivity contribution in [3.8, 4) is 11.4 Å². The summed E-state index contributed by atoms with van der Waals surface area (Å²) >= 11 is 1.45. The van der Waals surface area contributed by atoms with Gasteiger partial charge in [-0.25, -0.2) is 4.98 Å². The predicted octanol–water partition coefficient (Wildman–Crippen LogP) is 3.91. The number of thiazole rings is 1. The van der Waals surface area contributed by atoms with Gasteiger partial charge < -0.3 is 10.6 Å². The van der Waals surface area contributed by atoms with E-state index in [9.17, 15) is 4.79 Å². The Bertz CT molecular complexity index is 683. The second-order valence-electron chi connectivity index (χ2n) is 6.35. The van der Waals surface area contributed by atoms with Crippen LogP contribution in [0.4, 0.5) is 5.13 Å². The van der Waals surface area contributed by atoms with Crippen LogP contribution in [-0.2, 0) is 4.79 Å². The maximum absolute atomic E-state index is 12.5. The molecule has 3 heterocycles. The predicted molar refractivity (Wildman–Crippen MR) is 106 cm³/mol. The Balaban J connectivity index is 0.00000113. The standard InChI is InChI=1S/C17H20N4OS.2ClH/c22-16(14-9-11-5-1-2-6-12(11)19-14)21-17-20-15(10-23-17)13-7-3-4-8-18-13;;/h3-4,7-8,10-12,14,19H,1-2,5-6,9H2,(H,20,21,22);2*1H. The van der Waals surface area contributed by atoms with Crippen molar-refractivity contribution >= 4 is 47.2 Å². The first kappa shape index (κ1) is 20.1. The van der Waals surface area contributed by atoms with Gasteiger partial charge in [0.1, 0.15) is 5.69 Å². The van der Waals surface area contributed by atoms with Gasteiger partial charge in [-0.1, -0.05) is 18.9 Å². The van der Waals surface area contributed by atoms with Gasteiger partial charge in [0.15, 0.2) is 5.13 Å². The second kappa shape index (κ2) is 8.94. The lowest BCUT2D eigenvalue weighted by atomic mass is 9.85. The smallest absolute Gasteiger partial charge is 0.243 e. The summed E-state index contributed by atoms with van der Waals surface area (Å²) in [4.78, 5) is 21.2. The van der Waals surface area contributed by atoms with Crippen molar-refractivity contribution in [3.05, 3.63) is 29.8 Å². The summed E-state index contributed by atoms with van der Waals surface area (Å²) in [5.74, 6) is 0.709. The molecule has 3 unspecified atom stereocenters. The van der Waals surface area contributed by atoms with Crippen molar-refractivity contribution in [3.63, 3.8) is 0 Å². The van der Waals surface area contributed by atoms with Gasteiger partial charge in [-0.15, -0.1) is 36.2 Å². The molecule has 136 valence electrons. The molecule has 8 heteroatoms. The van der Waals surface area contributed by atoms with E-state index in [-0.39, 0.29) is 36.8 Å². The van der Waals surface area contributed by atoms with Crippen LogP contribution in [0.2, 0.25) is 0 Å². The van der Waals surface area contributed by atoms with Gasteiger partial charge in [-0.2, -0.15) is 0 Å². The minimum atomic E-state index is -0.0784. The molecule has 2 aliphatic rings. The van der Waals surface area contributed by atoms with Crippen molar-refractivity contribution in [1.82, 2.24) is 15.3 Å². The van der Waals surface area contributed by atoms with Crippen molar-refractivity contribution in [1.29, 1.82) is 0 Å². The Morgan fingerprint density at radius 3 is 2.80 bits per heavy atom. The summed E-state index contributed by atoms with van der Waals surface area (Å²) in [6.07, 6.45) is 7.74. The minimum absolute atomic E-state index is 0. The number of hydrogen-bond donors (Lipinski definition) is 2. The summed E-state index contributed by atoms with van der Waals surface area (Å²) < 4.78 is 0. The van der Waals surface area contributed by atoms with Crippen molar-refractivity contribution < 1.29 is 4.79 Å². The maximum Gasteiger partial charge on any atom is 0.243 e. The molecule has 1 saturated heterocycles. The molecule has 2 aromatic rings. The summed E-state index contributed by atoms with van der Waals surface area (Å²) in [7, 11) is 0. The molecular formula is C17H22Cl2N4OS. The summed E-state index contributed by atoms with van der Waals surface area (Å²) in [6, 6.07) is 6.18. The fourth-order valence-corrected chi connectivity index (χ4v) is 4.38. The molecule has 2 N–H and O–H groups in total. The van der Waals surface area contributed by atoms with Crippen LogP contribution in [0.3, 0.4) is 0 Å². The molecule has 1 aliphatic heterocycles. The molecule has 1 saturated carbocycles. The fourth-order valence-electron chi connectivity index (χ4n) is 3.68. The summed E-state index contributed by atoms with van der Waals surface area (Å²) in [5, 5.41) is 9.04. The van der Waals surface area contributed by atoms with E-state index in [2.05, 4.69) is 20.6 Å². The number of fused-ring (bicyclic) bond motifs is 1. The van der Waals surface area contributed by atoms with Gasteiger partial charge in [-0.05, 0) is 37.3 Å². The van der Waals surface area contributed by atoms with Crippen molar-refractivity contribution in [2.24, 2.45) is 5.92 Å². The first-order valence-electron chi connectivity index (χ1n) is 8.23. The number of aromatic nitrogens is 2. The van der Waals surface area contributed by atoms with Crippen molar-refractivity contribution in [2.75, 3.05) is 5.32 Å². The van der Waals surface area contributed by atoms with Crippen molar-refractivity contribution in [2.45, 2.75) is 44.2 Å². The molecular weight excluding hydrogens is 379 g/mol. The van der Waals surface area contributed by atoms with Crippen LogP contribution in [0.1, 0.15) is 32.1 Å². The van der Waals surface area contributed by atoms with Gasteiger partial charge in [0.05, 0.1) is 11.7 Å². The third-order valence-corrected chi connectivity index (χ3v) is 5.60. The Labute approximate surface area is 163 Å². The number of nitrogens with one attached hydrogen (secondary N) is 2. The zero-order valence-electron chi connectivity index (χ0n) is 13.7. The second-order valence-corrected chi connectivity index (χ2v) is 7.21. The number of carbonyl (C=O) groups is 1. The first-order valence-corrected chi connectivity index (χ1v) is 9.11. The van der Waals surface area contributed by atoms with E-state index < -0.39 is 0 Å². The summed E-state index contributed by atoms with van der Waals surface area (Å²) in [5.41, 5.74) is 1.63. The lowest BCUT2D eigenvalue weighted by molar-refractivity contribution is -0.117. The number of hydrogen-bond acceptors (Lipinski definition) is 5. The van der Waals surface area contributed by atoms with Gasteiger partial charge in [0.2, 0.25) is 5.91 Å². The highest BCUT2D eigenvalue weighted by atomic mass is 35.5. The molecule has 2 aromatic heterocycles. The van der Waals surface area contributed by atoms with Crippen LogP contribution in [0.25, 0.3) is 11.4 Å². The number of anilines is 1. The Morgan fingerprint density at radius 2 is 2.04 bits per heavy atom. The zero-order chi connectivity index (χ0) is 15.6. The molecule has 5 nitrogen and oxygen atoms in total. The third-order valence-electron chi connectivity index (χ3n) is 4.84. The highest BCUT2D eigenvalue weighted by Gasteiger charge is 2.38. The zero-order valence-corrected chi connectivity index (χ0v) is 16.1. The van der Waals surface area contributed by atoms with E-state index in [1.165, 1.54) is 37.0 Å².